The van der Waals surface area contributed by atoms with Gasteiger partial charge in [-0.05, 0) is 85.0 Å². The normalized spacial score (nSPS) is 20.5. The fraction of sp³-hybridized carbons (Fsp3) is 0.433. The first-order valence-corrected chi connectivity index (χ1v) is 13.7. The van der Waals surface area contributed by atoms with Gasteiger partial charge >= 0.3 is 0 Å². The summed E-state index contributed by atoms with van der Waals surface area (Å²) in [6.07, 6.45) is 11.8. The van der Waals surface area contributed by atoms with Gasteiger partial charge in [-0.15, -0.1) is 0 Å². The number of rotatable bonds is 7. The summed E-state index contributed by atoms with van der Waals surface area (Å²) in [4.78, 5) is 8.95. The van der Waals surface area contributed by atoms with Gasteiger partial charge in [-0.25, -0.2) is 18.3 Å². The van der Waals surface area contributed by atoms with E-state index in [4.69, 9.17) is 15.2 Å². The number of ether oxygens (including phenoxy) is 2. The quantitative estimate of drug-likeness (QED) is 0.345. The number of hydrogen-bond donors (Lipinski definition) is 1. The van der Waals surface area contributed by atoms with Crippen molar-refractivity contribution in [2.45, 2.75) is 69.6 Å². The van der Waals surface area contributed by atoms with Crippen LogP contribution in [-0.4, -0.2) is 44.9 Å². The Kier molecular flexibility index (Phi) is 7.63. The van der Waals surface area contributed by atoms with Crippen LogP contribution >= 0.6 is 0 Å². The first-order chi connectivity index (χ1) is 19.0. The number of benzene rings is 1. The molecule has 7 nitrogen and oxygen atoms in total. The Labute approximate surface area is 226 Å². The van der Waals surface area contributed by atoms with Gasteiger partial charge in [0.1, 0.15) is 17.5 Å². The zero-order chi connectivity index (χ0) is 26.8. The van der Waals surface area contributed by atoms with E-state index in [-0.39, 0.29) is 30.0 Å². The Morgan fingerprint density at radius 1 is 1.03 bits per heavy atom. The highest BCUT2D eigenvalue weighted by molar-refractivity contribution is 5.63. The van der Waals surface area contributed by atoms with Gasteiger partial charge in [0.15, 0.2) is 0 Å². The highest BCUT2D eigenvalue weighted by Crippen LogP contribution is 2.34. The number of halogens is 2. The average molecular weight is 534 g/mol. The molecule has 2 fully saturated rings. The van der Waals surface area contributed by atoms with Gasteiger partial charge in [0.05, 0.1) is 35.7 Å². The van der Waals surface area contributed by atoms with Crippen LogP contribution in [0.15, 0.2) is 48.9 Å². The molecule has 2 N–H and O–H groups in total. The minimum atomic E-state index is -0.669. The van der Waals surface area contributed by atoms with Crippen molar-refractivity contribution in [1.29, 1.82) is 0 Å². The SMILES string of the molecule is N[C@H]1CCC[C@@H](c2ccncc2Cc2ncc3ccc(-c4c(F)cc(COC5CCOCC5)cc4F)nn23)C1. The maximum absolute atomic E-state index is 15.2. The molecule has 1 aliphatic carbocycles. The van der Waals surface area contributed by atoms with Gasteiger partial charge in [-0.2, -0.15) is 5.10 Å². The van der Waals surface area contributed by atoms with Gasteiger partial charge in [0.25, 0.3) is 0 Å². The van der Waals surface area contributed by atoms with E-state index < -0.39 is 11.6 Å². The van der Waals surface area contributed by atoms with Crippen molar-refractivity contribution < 1.29 is 18.3 Å². The lowest BCUT2D eigenvalue weighted by Gasteiger charge is -2.28. The van der Waals surface area contributed by atoms with Crippen LogP contribution in [0, 0.1) is 11.6 Å². The van der Waals surface area contributed by atoms with Gasteiger partial charge in [0, 0.05) is 38.1 Å². The molecule has 0 bridgehead atoms. The highest BCUT2D eigenvalue weighted by atomic mass is 19.1. The number of nitrogens with zero attached hydrogens (tertiary/aromatic N) is 4. The number of hydrogen-bond acceptors (Lipinski definition) is 6. The molecule has 39 heavy (non-hydrogen) atoms. The largest absolute Gasteiger partial charge is 0.381 e. The standard InChI is InChI=1S/C30H33F2N5O2/c31-26-12-19(18-39-24-7-10-38-11-8-24)13-27(32)30(26)28-5-4-23-17-35-29(37(23)36-28)15-21-16-34-9-6-25(21)20-2-1-3-22(33)14-20/h4-6,9,12-13,16-17,20,22,24H,1-3,7-8,10-11,14-15,18,33H2/t20-,22+/m1/s1. The lowest BCUT2D eigenvalue weighted by Crippen LogP contribution is -2.27. The fourth-order valence-corrected chi connectivity index (χ4v) is 5.86. The molecule has 1 aromatic carbocycles. The zero-order valence-corrected chi connectivity index (χ0v) is 21.9. The van der Waals surface area contributed by atoms with Gasteiger partial charge < -0.3 is 15.2 Å². The Morgan fingerprint density at radius 2 is 1.85 bits per heavy atom. The second kappa shape index (κ2) is 11.5. The highest BCUT2D eigenvalue weighted by Gasteiger charge is 2.24. The molecule has 1 saturated carbocycles. The van der Waals surface area contributed by atoms with Crippen LogP contribution in [-0.2, 0) is 22.5 Å². The summed E-state index contributed by atoms with van der Waals surface area (Å²) in [5.41, 5.74) is 9.83. The van der Waals surface area contributed by atoms with Crippen LogP contribution in [0.25, 0.3) is 16.8 Å². The lowest BCUT2D eigenvalue weighted by molar-refractivity contribution is -0.0391. The summed E-state index contributed by atoms with van der Waals surface area (Å²) in [6, 6.07) is 8.35. The number of imidazole rings is 1. The maximum atomic E-state index is 15.2. The summed E-state index contributed by atoms with van der Waals surface area (Å²) in [7, 11) is 0. The molecule has 2 atom stereocenters. The molecular weight excluding hydrogens is 500 g/mol. The van der Waals surface area contributed by atoms with E-state index in [0.29, 0.717) is 36.9 Å². The Hall–Kier alpha value is -3.27. The molecule has 6 rings (SSSR count). The third-order valence-electron chi connectivity index (χ3n) is 7.91. The van der Waals surface area contributed by atoms with E-state index >= 15 is 8.78 Å². The second-order valence-electron chi connectivity index (χ2n) is 10.7. The van der Waals surface area contributed by atoms with Crippen molar-refractivity contribution in [1.82, 2.24) is 19.6 Å². The molecule has 1 saturated heterocycles. The summed E-state index contributed by atoms with van der Waals surface area (Å²) in [6.45, 7) is 1.44. The van der Waals surface area contributed by atoms with E-state index in [1.54, 1.807) is 22.8 Å². The number of aromatic nitrogens is 4. The summed E-state index contributed by atoms with van der Waals surface area (Å²) >= 11 is 0. The van der Waals surface area contributed by atoms with Gasteiger partial charge in [-0.1, -0.05) is 6.42 Å². The molecule has 4 heterocycles. The molecule has 2 aliphatic rings. The lowest BCUT2D eigenvalue weighted by atomic mass is 9.80. The predicted octanol–water partition coefficient (Wildman–Crippen LogP) is 5.34. The molecular formula is C30H33F2N5O2. The number of pyridine rings is 1. The first-order valence-electron chi connectivity index (χ1n) is 13.7. The summed E-state index contributed by atoms with van der Waals surface area (Å²) < 4.78 is 43.3. The molecule has 4 aromatic rings. The average Bonchev–Trinajstić information content (AvgIpc) is 3.34. The number of fused-ring (bicyclic) bond motifs is 1. The minimum Gasteiger partial charge on any atom is -0.381 e. The van der Waals surface area contributed by atoms with Crippen LogP contribution in [0.3, 0.4) is 0 Å². The third-order valence-corrected chi connectivity index (χ3v) is 7.91. The molecule has 0 unspecified atom stereocenters. The number of nitrogens with two attached hydrogens (primary N) is 1. The summed E-state index contributed by atoms with van der Waals surface area (Å²) in [5, 5.41) is 4.62. The smallest absolute Gasteiger partial charge is 0.135 e. The van der Waals surface area contributed by atoms with Crippen LogP contribution < -0.4 is 5.73 Å². The molecule has 3 aromatic heterocycles. The van der Waals surface area contributed by atoms with Crippen molar-refractivity contribution in [3.63, 3.8) is 0 Å². The van der Waals surface area contributed by atoms with E-state index in [2.05, 4.69) is 21.1 Å². The van der Waals surface area contributed by atoms with E-state index in [9.17, 15) is 0 Å². The van der Waals surface area contributed by atoms with Gasteiger partial charge in [-0.3, -0.25) is 4.98 Å². The molecule has 0 spiro atoms. The molecule has 0 radical (unpaired) electrons. The fourth-order valence-electron chi connectivity index (χ4n) is 5.86. The van der Waals surface area contributed by atoms with Crippen LogP contribution in [0.2, 0.25) is 0 Å². The summed E-state index contributed by atoms with van der Waals surface area (Å²) in [5.74, 6) is -0.267. The third kappa shape index (κ3) is 5.71. The zero-order valence-electron chi connectivity index (χ0n) is 21.9. The minimum absolute atomic E-state index is 0.0449. The monoisotopic (exact) mass is 533 g/mol. The van der Waals surface area contributed by atoms with Crippen molar-refractivity contribution >= 4 is 5.52 Å². The van der Waals surface area contributed by atoms with Crippen molar-refractivity contribution in [2.24, 2.45) is 5.73 Å². The van der Waals surface area contributed by atoms with Crippen molar-refractivity contribution in [2.75, 3.05) is 13.2 Å². The maximum Gasteiger partial charge on any atom is 0.135 e. The molecule has 204 valence electrons. The second-order valence-corrected chi connectivity index (χ2v) is 10.7. The van der Waals surface area contributed by atoms with Crippen molar-refractivity contribution in [3.05, 3.63) is 83.1 Å². The van der Waals surface area contributed by atoms with Crippen LogP contribution in [0.5, 0.6) is 0 Å². The Bertz CT molecular complexity index is 1430. The topological polar surface area (TPSA) is 87.6 Å². The van der Waals surface area contributed by atoms with E-state index in [1.807, 2.05) is 12.4 Å². The predicted molar refractivity (Wildman–Crippen MR) is 143 cm³/mol. The molecule has 0 amide bonds. The van der Waals surface area contributed by atoms with Crippen LogP contribution in [0.4, 0.5) is 8.78 Å². The molecule has 1 aliphatic heterocycles. The van der Waals surface area contributed by atoms with Crippen molar-refractivity contribution in [3.8, 4) is 11.3 Å². The molecule has 9 heteroatoms. The Balaban J connectivity index is 1.26. The van der Waals surface area contributed by atoms with Crippen LogP contribution in [0.1, 0.15) is 67.0 Å². The Morgan fingerprint density at radius 3 is 2.64 bits per heavy atom. The van der Waals surface area contributed by atoms with Gasteiger partial charge in [0.2, 0.25) is 0 Å². The van der Waals surface area contributed by atoms with E-state index in [0.717, 1.165) is 49.6 Å². The first kappa shape index (κ1) is 26.0. The van der Waals surface area contributed by atoms with E-state index in [1.165, 1.54) is 17.7 Å².